The molecule has 1 aromatic heterocycles. The first-order chi connectivity index (χ1) is 13.3. The number of nitrogens with one attached hydrogen (secondary N) is 1. The quantitative estimate of drug-likeness (QED) is 0.729. The summed E-state index contributed by atoms with van der Waals surface area (Å²) in [4.78, 5) is 18.6. The summed E-state index contributed by atoms with van der Waals surface area (Å²) in [7, 11) is 0. The molecule has 0 unspecified atom stereocenters. The number of hydrogen-bond donors (Lipinski definition) is 1. The monoisotopic (exact) mass is 409 g/mol. The highest BCUT2D eigenvalue weighted by molar-refractivity contribution is 6.31. The minimum atomic E-state index is -4.54. The highest BCUT2D eigenvalue weighted by atomic mass is 35.5. The Hall–Kier alpha value is -2.54. The second-order valence-corrected chi connectivity index (χ2v) is 6.91. The van der Waals surface area contributed by atoms with Crippen molar-refractivity contribution in [1.82, 2.24) is 10.3 Å². The van der Waals surface area contributed by atoms with Crippen LogP contribution in [0.25, 0.3) is 6.08 Å². The second kappa shape index (κ2) is 8.65. The molecule has 0 aliphatic carbocycles. The summed E-state index contributed by atoms with van der Waals surface area (Å²) < 4.78 is 38.7. The first kappa shape index (κ1) is 20.2. The van der Waals surface area contributed by atoms with E-state index >= 15 is 0 Å². The zero-order valence-corrected chi connectivity index (χ0v) is 15.7. The molecule has 2 aromatic rings. The first-order valence-electron chi connectivity index (χ1n) is 8.85. The number of benzene rings is 1. The molecule has 1 aromatic carbocycles. The summed E-state index contributed by atoms with van der Waals surface area (Å²) in [6.45, 7) is 2.26. The van der Waals surface area contributed by atoms with Crippen molar-refractivity contribution in [2.75, 3.05) is 18.0 Å². The van der Waals surface area contributed by atoms with Crippen LogP contribution in [-0.2, 0) is 17.5 Å². The minimum absolute atomic E-state index is 0.243. The van der Waals surface area contributed by atoms with E-state index in [0.717, 1.165) is 43.4 Å². The van der Waals surface area contributed by atoms with Gasteiger partial charge in [-0.15, -0.1) is 0 Å². The lowest BCUT2D eigenvalue weighted by Crippen LogP contribution is -2.22. The number of halogens is 4. The molecule has 1 fully saturated rings. The van der Waals surface area contributed by atoms with Crippen molar-refractivity contribution in [3.8, 4) is 0 Å². The molecule has 1 aliphatic heterocycles. The average Bonchev–Trinajstić information content (AvgIpc) is 3.20. The maximum atomic E-state index is 12.9. The number of amides is 1. The molecule has 28 heavy (non-hydrogen) atoms. The summed E-state index contributed by atoms with van der Waals surface area (Å²) in [6, 6.07) is 7.26. The van der Waals surface area contributed by atoms with E-state index in [1.807, 2.05) is 12.1 Å². The van der Waals surface area contributed by atoms with Crippen molar-refractivity contribution < 1.29 is 18.0 Å². The zero-order valence-electron chi connectivity index (χ0n) is 15.0. The average molecular weight is 410 g/mol. The third-order valence-electron chi connectivity index (χ3n) is 4.43. The summed E-state index contributed by atoms with van der Waals surface area (Å²) >= 11 is 5.59. The van der Waals surface area contributed by atoms with Gasteiger partial charge in [0.15, 0.2) is 0 Å². The predicted octanol–water partition coefficient (Wildman–Crippen LogP) is 4.68. The number of alkyl halides is 3. The summed E-state index contributed by atoms with van der Waals surface area (Å²) in [6.07, 6.45) is 1.98. The Kier molecular flexibility index (Phi) is 6.24. The van der Waals surface area contributed by atoms with Crippen LogP contribution < -0.4 is 10.2 Å². The Bertz CT molecular complexity index is 877. The van der Waals surface area contributed by atoms with E-state index in [0.29, 0.717) is 6.54 Å². The molecule has 1 N–H and O–H groups in total. The molecule has 3 rings (SSSR count). The van der Waals surface area contributed by atoms with Gasteiger partial charge >= 0.3 is 6.18 Å². The van der Waals surface area contributed by atoms with E-state index in [2.05, 4.69) is 15.2 Å². The number of anilines is 1. The van der Waals surface area contributed by atoms with Gasteiger partial charge in [-0.3, -0.25) is 4.79 Å². The van der Waals surface area contributed by atoms with Crippen LogP contribution in [0.5, 0.6) is 0 Å². The van der Waals surface area contributed by atoms with E-state index in [1.54, 1.807) is 6.20 Å². The second-order valence-electron chi connectivity index (χ2n) is 6.50. The molecule has 0 spiro atoms. The Balaban J connectivity index is 1.59. The fraction of sp³-hybridized carbons (Fsp3) is 0.300. The van der Waals surface area contributed by atoms with Gasteiger partial charge in [0, 0.05) is 31.9 Å². The highest BCUT2D eigenvalue weighted by Crippen LogP contribution is 2.35. The number of rotatable bonds is 5. The number of aromatic nitrogens is 1. The molecule has 2 heterocycles. The minimum Gasteiger partial charge on any atom is -0.357 e. The smallest absolute Gasteiger partial charge is 0.357 e. The fourth-order valence-corrected chi connectivity index (χ4v) is 3.20. The van der Waals surface area contributed by atoms with Gasteiger partial charge in [-0.25, -0.2) is 4.98 Å². The van der Waals surface area contributed by atoms with Crippen molar-refractivity contribution in [1.29, 1.82) is 0 Å². The maximum absolute atomic E-state index is 12.9. The van der Waals surface area contributed by atoms with Gasteiger partial charge in [-0.05, 0) is 54.3 Å². The van der Waals surface area contributed by atoms with Gasteiger partial charge in [0.25, 0.3) is 0 Å². The highest BCUT2D eigenvalue weighted by Gasteiger charge is 2.33. The van der Waals surface area contributed by atoms with Crippen LogP contribution in [0.3, 0.4) is 0 Å². The van der Waals surface area contributed by atoms with Crippen LogP contribution in [0.2, 0.25) is 5.02 Å². The van der Waals surface area contributed by atoms with Gasteiger partial charge in [-0.2, -0.15) is 13.2 Å². The molecule has 1 saturated heterocycles. The first-order valence-corrected chi connectivity index (χ1v) is 9.23. The lowest BCUT2D eigenvalue weighted by Gasteiger charge is -2.16. The summed E-state index contributed by atoms with van der Waals surface area (Å²) in [5.74, 6) is 0.490. The lowest BCUT2D eigenvalue weighted by molar-refractivity contribution is -0.137. The molecule has 0 bridgehead atoms. The van der Waals surface area contributed by atoms with Gasteiger partial charge in [0.1, 0.15) is 5.82 Å². The molecule has 0 atom stereocenters. The SMILES string of the molecule is O=C(/C=C/c1ccc(Cl)c(C(F)(F)F)c1)NCc1ccnc(N2CCCC2)c1. The number of carbonyl (C=O) groups excluding carboxylic acids is 1. The molecule has 1 aliphatic rings. The van der Waals surface area contributed by atoms with Gasteiger partial charge in [0.05, 0.1) is 10.6 Å². The van der Waals surface area contributed by atoms with Crippen LogP contribution >= 0.6 is 11.6 Å². The number of hydrogen-bond acceptors (Lipinski definition) is 3. The van der Waals surface area contributed by atoms with Crippen molar-refractivity contribution in [3.63, 3.8) is 0 Å². The lowest BCUT2D eigenvalue weighted by atomic mass is 10.1. The Morgan fingerprint density at radius 3 is 2.68 bits per heavy atom. The Morgan fingerprint density at radius 2 is 1.96 bits per heavy atom. The largest absolute Gasteiger partial charge is 0.417 e. The van der Waals surface area contributed by atoms with Gasteiger partial charge in [0.2, 0.25) is 5.91 Å². The van der Waals surface area contributed by atoms with E-state index < -0.39 is 17.6 Å². The van der Waals surface area contributed by atoms with Crippen molar-refractivity contribution in [2.45, 2.75) is 25.6 Å². The Labute approximate surface area is 166 Å². The molecule has 8 heteroatoms. The molecule has 148 valence electrons. The normalized spacial score (nSPS) is 14.6. The maximum Gasteiger partial charge on any atom is 0.417 e. The van der Waals surface area contributed by atoms with E-state index in [1.165, 1.54) is 24.3 Å². The zero-order chi connectivity index (χ0) is 20.1. The molecule has 1 amide bonds. The third kappa shape index (κ3) is 5.25. The summed E-state index contributed by atoms with van der Waals surface area (Å²) in [5, 5.41) is 2.35. The van der Waals surface area contributed by atoms with E-state index in [4.69, 9.17) is 11.6 Å². The predicted molar refractivity (Wildman–Crippen MR) is 103 cm³/mol. The molecule has 0 radical (unpaired) electrons. The van der Waals surface area contributed by atoms with E-state index in [-0.39, 0.29) is 10.6 Å². The topological polar surface area (TPSA) is 45.2 Å². The van der Waals surface area contributed by atoms with E-state index in [9.17, 15) is 18.0 Å². The summed E-state index contributed by atoms with van der Waals surface area (Å²) in [5.41, 5.74) is 0.222. The standard InChI is InChI=1S/C20H19ClF3N3O/c21-17-5-3-14(11-16(17)20(22,23)24)4-6-19(28)26-13-15-7-8-25-18(12-15)27-9-1-2-10-27/h3-8,11-12H,1-2,9-10,13H2,(H,26,28)/b6-4+. The van der Waals surface area contributed by atoms with Crippen molar-refractivity contribution >= 4 is 29.4 Å². The molecular weight excluding hydrogens is 391 g/mol. The van der Waals surface area contributed by atoms with Gasteiger partial charge in [-0.1, -0.05) is 17.7 Å². The molecule has 4 nitrogen and oxygen atoms in total. The number of carbonyl (C=O) groups is 1. The number of pyridine rings is 1. The molecular formula is C20H19ClF3N3O. The van der Waals surface area contributed by atoms with Crippen LogP contribution in [0.1, 0.15) is 29.5 Å². The molecule has 0 saturated carbocycles. The van der Waals surface area contributed by atoms with Gasteiger partial charge < -0.3 is 10.2 Å². The fourth-order valence-electron chi connectivity index (χ4n) is 2.97. The number of nitrogens with zero attached hydrogens (tertiary/aromatic N) is 2. The van der Waals surface area contributed by atoms with Crippen molar-refractivity contribution in [3.05, 3.63) is 64.3 Å². The van der Waals surface area contributed by atoms with Crippen LogP contribution in [-0.4, -0.2) is 24.0 Å². The van der Waals surface area contributed by atoms with Crippen LogP contribution in [0, 0.1) is 0 Å². The third-order valence-corrected chi connectivity index (χ3v) is 4.76. The van der Waals surface area contributed by atoms with Crippen molar-refractivity contribution in [2.24, 2.45) is 0 Å². The van der Waals surface area contributed by atoms with Crippen LogP contribution in [0.4, 0.5) is 19.0 Å². The van der Waals surface area contributed by atoms with Crippen LogP contribution in [0.15, 0.2) is 42.6 Å². The Morgan fingerprint density at radius 1 is 1.21 bits per heavy atom.